The number of benzene rings is 1. The predicted octanol–water partition coefficient (Wildman–Crippen LogP) is 3.37. The Morgan fingerprint density at radius 1 is 1.04 bits per heavy atom. The first-order valence-electron chi connectivity index (χ1n) is 8.83. The summed E-state index contributed by atoms with van der Waals surface area (Å²) in [6, 6.07) is 10.00. The van der Waals surface area contributed by atoms with Gasteiger partial charge in [-0.25, -0.2) is 0 Å². The number of hydrogen-bond donors (Lipinski definition) is 1. The first kappa shape index (κ1) is 18.4. The second-order valence-electron chi connectivity index (χ2n) is 6.57. The number of Topliss-reactive ketones (excluding diaryl/α,β-unsaturated/α-hetero) is 1. The van der Waals surface area contributed by atoms with Crippen LogP contribution in [0, 0.1) is 0 Å². The lowest BCUT2D eigenvalue weighted by atomic mass is 9.94. The van der Waals surface area contributed by atoms with E-state index >= 15 is 0 Å². The number of hydrogen-bond acceptors (Lipinski definition) is 3. The van der Waals surface area contributed by atoms with E-state index in [9.17, 15) is 14.4 Å². The number of carbonyl (C=O) groups excluding carboxylic acids is 2. The van der Waals surface area contributed by atoms with Gasteiger partial charge in [-0.2, -0.15) is 0 Å². The minimum atomic E-state index is -1.27. The van der Waals surface area contributed by atoms with Crippen LogP contribution in [0.25, 0.3) is 0 Å². The average Bonchev–Trinajstić information content (AvgIpc) is 2.66. The third kappa shape index (κ3) is 4.22. The van der Waals surface area contributed by atoms with Crippen LogP contribution in [-0.2, 0) is 4.79 Å². The Morgan fingerprint density at radius 3 is 2.42 bits per heavy atom. The molecule has 1 aromatic heterocycles. The minimum absolute atomic E-state index is 0.0391. The van der Waals surface area contributed by atoms with Gasteiger partial charge in [0.25, 0.3) is 11.5 Å². The van der Waals surface area contributed by atoms with Crippen molar-refractivity contribution in [1.82, 2.24) is 9.88 Å². The molecule has 26 heavy (non-hydrogen) atoms. The molecule has 1 N–H and O–H groups in total. The van der Waals surface area contributed by atoms with Crippen molar-refractivity contribution >= 4 is 23.3 Å². The highest BCUT2D eigenvalue weighted by Crippen LogP contribution is 2.20. The molecule has 0 saturated heterocycles. The van der Waals surface area contributed by atoms with Crippen molar-refractivity contribution in [1.29, 1.82) is 0 Å². The van der Waals surface area contributed by atoms with Crippen molar-refractivity contribution in [2.24, 2.45) is 0 Å². The quantitative estimate of drug-likeness (QED) is 0.646. The number of pyridine rings is 1. The zero-order valence-corrected chi connectivity index (χ0v) is 15.1. The average molecular weight is 373 g/mol. The molecule has 1 heterocycles. The van der Waals surface area contributed by atoms with E-state index < -0.39 is 23.3 Å². The van der Waals surface area contributed by atoms with Gasteiger partial charge in [0.05, 0.1) is 5.02 Å². The van der Waals surface area contributed by atoms with Crippen molar-refractivity contribution in [3.63, 3.8) is 0 Å². The van der Waals surface area contributed by atoms with E-state index in [4.69, 9.17) is 11.6 Å². The summed E-state index contributed by atoms with van der Waals surface area (Å²) in [4.78, 5) is 38.3. The van der Waals surface area contributed by atoms with Crippen molar-refractivity contribution in [2.45, 2.75) is 44.2 Å². The van der Waals surface area contributed by atoms with E-state index in [1.165, 1.54) is 18.3 Å². The molecule has 1 atom stereocenters. The van der Waals surface area contributed by atoms with E-state index in [2.05, 4.69) is 5.32 Å². The Balaban J connectivity index is 1.95. The Hall–Kier alpha value is -2.40. The first-order chi connectivity index (χ1) is 12.6. The first-order valence-corrected chi connectivity index (χ1v) is 9.21. The highest BCUT2D eigenvalue weighted by molar-refractivity contribution is 6.30. The lowest BCUT2D eigenvalue weighted by Crippen LogP contribution is -2.45. The highest BCUT2D eigenvalue weighted by Gasteiger charge is 2.31. The molecule has 1 aromatic carbocycles. The number of nitrogens with one attached hydrogen (secondary N) is 1. The fourth-order valence-corrected chi connectivity index (χ4v) is 3.51. The number of nitrogens with zero attached hydrogens (tertiary/aromatic N) is 1. The molecule has 1 aliphatic carbocycles. The van der Waals surface area contributed by atoms with Crippen LogP contribution in [0.5, 0.6) is 0 Å². The molecule has 0 unspecified atom stereocenters. The summed E-state index contributed by atoms with van der Waals surface area (Å²) in [7, 11) is 0. The third-order valence-electron chi connectivity index (χ3n) is 4.69. The summed E-state index contributed by atoms with van der Waals surface area (Å²) in [5.74, 6) is -0.890. The number of amides is 1. The predicted molar refractivity (Wildman–Crippen MR) is 101 cm³/mol. The fraction of sp³-hybridized carbons (Fsp3) is 0.350. The number of ketones is 1. The molecule has 1 aliphatic rings. The summed E-state index contributed by atoms with van der Waals surface area (Å²) >= 11 is 6.01. The van der Waals surface area contributed by atoms with Crippen molar-refractivity contribution in [2.75, 3.05) is 0 Å². The molecule has 0 aliphatic heterocycles. The van der Waals surface area contributed by atoms with Crippen LogP contribution >= 0.6 is 11.6 Å². The zero-order chi connectivity index (χ0) is 18.5. The van der Waals surface area contributed by atoms with E-state index in [-0.39, 0.29) is 6.04 Å². The van der Waals surface area contributed by atoms with Crippen LogP contribution in [0.3, 0.4) is 0 Å². The second kappa shape index (κ2) is 8.32. The molecular formula is C20H21ClN2O3. The number of halogens is 1. The Morgan fingerprint density at radius 2 is 1.73 bits per heavy atom. The maximum absolute atomic E-state index is 13.0. The molecule has 1 fully saturated rings. The lowest BCUT2D eigenvalue weighted by molar-refractivity contribution is -0.124. The van der Waals surface area contributed by atoms with E-state index in [1.54, 1.807) is 30.3 Å². The molecule has 6 heteroatoms. The van der Waals surface area contributed by atoms with Crippen molar-refractivity contribution in [3.05, 3.63) is 69.6 Å². The Labute approximate surface area is 157 Å². The molecule has 3 rings (SSSR count). The normalized spacial score (nSPS) is 16.0. The largest absolute Gasteiger partial charge is 0.351 e. The van der Waals surface area contributed by atoms with Crippen LogP contribution < -0.4 is 10.9 Å². The molecule has 0 bridgehead atoms. The van der Waals surface area contributed by atoms with E-state index in [0.717, 1.165) is 36.7 Å². The molecule has 1 amide bonds. The molecule has 5 nitrogen and oxygen atoms in total. The SMILES string of the molecule is O=C(NC1CCCCC1)[C@H](C(=O)c1ccccc1)n1cc(Cl)ccc1=O. The topological polar surface area (TPSA) is 68.2 Å². The lowest BCUT2D eigenvalue weighted by Gasteiger charge is -2.26. The molecule has 1 saturated carbocycles. The van der Waals surface area contributed by atoms with E-state index in [0.29, 0.717) is 10.6 Å². The van der Waals surface area contributed by atoms with Gasteiger partial charge in [-0.3, -0.25) is 19.0 Å². The van der Waals surface area contributed by atoms with E-state index in [1.807, 2.05) is 0 Å². The van der Waals surface area contributed by atoms with Gasteiger partial charge in [0.2, 0.25) is 0 Å². The van der Waals surface area contributed by atoms with Gasteiger partial charge in [-0.15, -0.1) is 0 Å². The number of carbonyl (C=O) groups is 2. The third-order valence-corrected chi connectivity index (χ3v) is 4.91. The van der Waals surface area contributed by atoms with Crippen molar-refractivity contribution in [3.8, 4) is 0 Å². The van der Waals surface area contributed by atoms with Crippen LogP contribution in [0.4, 0.5) is 0 Å². The van der Waals surface area contributed by atoms with Gasteiger partial charge in [0.1, 0.15) is 0 Å². The molecule has 0 radical (unpaired) electrons. The van der Waals surface area contributed by atoms with Gasteiger partial charge < -0.3 is 5.32 Å². The molecule has 2 aromatic rings. The van der Waals surface area contributed by atoms with Crippen molar-refractivity contribution < 1.29 is 9.59 Å². The maximum Gasteiger partial charge on any atom is 0.251 e. The van der Waals surface area contributed by atoms with Gasteiger partial charge in [0, 0.05) is 23.9 Å². The zero-order valence-electron chi connectivity index (χ0n) is 14.4. The summed E-state index contributed by atoms with van der Waals surface area (Å²) in [5, 5.41) is 3.24. The minimum Gasteiger partial charge on any atom is -0.351 e. The van der Waals surface area contributed by atoms with Crippen LogP contribution in [0.2, 0.25) is 5.02 Å². The number of aromatic nitrogens is 1. The summed E-state index contributed by atoms with van der Waals surface area (Å²) in [6.45, 7) is 0. The summed E-state index contributed by atoms with van der Waals surface area (Å²) in [5.41, 5.74) is -0.0642. The molecule has 0 spiro atoms. The Bertz CT molecular complexity index is 842. The second-order valence-corrected chi connectivity index (χ2v) is 7.01. The highest BCUT2D eigenvalue weighted by atomic mass is 35.5. The number of rotatable bonds is 5. The van der Waals surface area contributed by atoms with Gasteiger partial charge >= 0.3 is 0 Å². The van der Waals surface area contributed by atoms with Gasteiger partial charge in [-0.1, -0.05) is 61.2 Å². The van der Waals surface area contributed by atoms with Crippen LogP contribution in [-0.4, -0.2) is 22.3 Å². The summed E-state index contributed by atoms with van der Waals surface area (Å²) < 4.78 is 1.12. The Kier molecular flexibility index (Phi) is 5.89. The standard InChI is InChI=1S/C20H21ClN2O3/c21-15-11-12-17(24)23(13-15)18(19(25)14-7-3-1-4-8-14)20(26)22-16-9-5-2-6-10-16/h1,3-4,7-8,11-13,16,18H,2,5-6,9-10H2,(H,22,26)/t18-/m0/s1. The molecule has 136 valence electrons. The van der Waals surface area contributed by atoms with Gasteiger partial charge in [0.15, 0.2) is 11.8 Å². The smallest absolute Gasteiger partial charge is 0.251 e. The fourth-order valence-electron chi connectivity index (χ4n) is 3.34. The summed E-state index contributed by atoms with van der Waals surface area (Å²) in [6.07, 6.45) is 6.39. The van der Waals surface area contributed by atoms with Crippen LogP contribution in [0.1, 0.15) is 48.5 Å². The van der Waals surface area contributed by atoms with Crippen LogP contribution in [0.15, 0.2) is 53.5 Å². The monoisotopic (exact) mass is 372 g/mol. The van der Waals surface area contributed by atoms with Gasteiger partial charge in [-0.05, 0) is 18.9 Å². The molecular weight excluding hydrogens is 352 g/mol. The maximum atomic E-state index is 13.0.